The van der Waals surface area contributed by atoms with E-state index in [0.717, 1.165) is 16.0 Å². The Bertz CT molecular complexity index is 1040. The van der Waals surface area contributed by atoms with Gasteiger partial charge in [0.25, 0.3) is 11.6 Å². The first-order valence-electron chi connectivity index (χ1n) is 9.13. The van der Waals surface area contributed by atoms with E-state index >= 15 is 0 Å². The van der Waals surface area contributed by atoms with Crippen LogP contribution in [0.15, 0.2) is 42.5 Å². The minimum Gasteiger partial charge on any atom is -0.494 e. The van der Waals surface area contributed by atoms with Crippen LogP contribution in [0.5, 0.6) is 5.75 Å². The molecule has 1 amide bonds. The molecule has 0 radical (unpaired) electrons. The van der Waals surface area contributed by atoms with Crippen LogP contribution in [0.4, 0.5) is 10.8 Å². The fourth-order valence-corrected chi connectivity index (χ4v) is 3.78. The Labute approximate surface area is 184 Å². The van der Waals surface area contributed by atoms with E-state index in [1.54, 1.807) is 11.0 Å². The Hall–Kier alpha value is -2.75. The average molecular weight is 451 g/mol. The number of anilines is 1. The fraction of sp³-hybridized carbons (Fsp3) is 0.300. The van der Waals surface area contributed by atoms with Crippen LogP contribution in [-0.2, 0) is 0 Å². The summed E-state index contributed by atoms with van der Waals surface area (Å²) in [4.78, 5) is 31.9. The maximum Gasteiger partial charge on any atom is 0.270 e. The number of non-ortho nitro benzene ring substituents is 1. The number of hydrogen-bond acceptors (Lipinski definition) is 7. The van der Waals surface area contributed by atoms with Crippen molar-refractivity contribution in [3.63, 3.8) is 0 Å². The van der Waals surface area contributed by atoms with Crippen molar-refractivity contribution in [2.75, 3.05) is 38.7 Å². The van der Waals surface area contributed by atoms with Gasteiger partial charge in [0.2, 0.25) is 0 Å². The molecule has 0 aliphatic carbocycles. The minimum atomic E-state index is -0.506. The van der Waals surface area contributed by atoms with Gasteiger partial charge in [0.1, 0.15) is 5.75 Å². The molecule has 30 heavy (non-hydrogen) atoms. The van der Waals surface area contributed by atoms with E-state index in [1.165, 1.54) is 29.5 Å². The number of carbonyl (C=O) groups excluding carboxylic acids is 1. The molecule has 0 fully saturated rings. The van der Waals surface area contributed by atoms with Crippen LogP contribution in [0.25, 0.3) is 10.2 Å². The van der Waals surface area contributed by atoms with Crippen molar-refractivity contribution in [1.82, 2.24) is 9.88 Å². The number of aromatic nitrogens is 1. The summed E-state index contributed by atoms with van der Waals surface area (Å²) in [7, 11) is 3.84. The van der Waals surface area contributed by atoms with E-state index in [0.29, 0.717) is 24.8 Å². The lowest BCUT2D eigenvalue weighted by Gasteiger charge is -2.22. The number of likely N-dealkylation sites (N-methyl/N-ethyl adjacent to an activating group) is 1. The van der Waals surface area contributed by atoms with E-state index in [4.69, 9.17) is 4.74 Å². The van der Waals surface area contributed by atoms with Crippen molar-refractivity contribution in [2.24, 2.45) is 0 Å². The van der Waals surface area contributed by atoms with Crippen LogP contribution in [0.1, 0.15) is 17.3 Å². The Morgan fingerprint density at radius 3 is 2.63 bits per heavy atom. The molecular weight excluding hydrogens is 428 g/mol. The zero-order valence-corrected chi connectivity index (χ0v) is 18.5. The van der Waals surface area contributed by atoms with E-state index in [2.05, 4.69) is 4.98 Å². The second-order valence-corrected chi connectivity index (χ2v) is 7.64. The number of nitro benzene ring substituents is 1. The summed E-state index contributed by atoms with van der Waals surface area (Å²) in [6, 6.07) is 11.4. The lowest BCUT2D eigenvalue weighted by Crippen LogP contribution is -2.36. The number of nitro groups is 1. The number of ether oxygens (including phenoxy) is 1. The Morgan fingerprint density at radius 1 is 1.20 bits per heavy atom. The van der Waals surface area contributed by atoms with Crippen molar-refractivity contribution in [1.29, 1.82) is 0 Å². The number of amides is 1. The molecule has 10 heteroatoms. The van der Waals surface area contributed by atoms with E-state index < -0.39 is 4.92 Å². The third-order valence-corrected chi connectivity index (χ3v) is 5.25. The molecule has 0 bridgehead atoms. The number of nitrogens with zero attached hydrogens (tertiary/aromatic N) is 4. The van der Waals surface area contributed by atoms with Crippen molar-refractivity contribution in [3.05, 3.63) is 58.1 Å². The molecule has 1 aromatic heterocycles. The first-order chi connectivity index (χ1) is 13.9. The van der Waals surface area contributed by atoms with Gasteiger partial charge in [0.15, 0.2) is 5.13 Å². The van der Waals surface area contributed by atoms with E-state index in [-0.39, 0.29) is 29.6 Å². The number of benzene rings is 2. The molecule has 1 heterocycles. The highest BCUT2D eigenvalue weighted by atomic mass is 35.5. The van der Waals surface area contributed by atoms with Gasteiger partial charge in [0.05, 0.1) is 21.7 Å². The van der Waals surface area contributed by atoms with Gasteiger partial charge in [-0.05, 0) is 45.3 Å². The number of fused-ring (bicyclic) bond motifs is 1. The summed E-state index contributed by atoms with van der Waals surface area (Å²) in [6.07, 6.45) is 0. The summed E-state index contributed by atoms with van der Waals surface area (Å²) >= 11 is 1.39. The molecule has 0 unspecified atom stereocenters. The van der Waals surface area contributed by atoms with Crippen LogP contribution >= 0.6 is 23.7 Å². The van der Waals surface area contributed by atoms with Gasteiger partial charge in [0, 0.05) is 30.8 Å². The minimum absolute atomic E-state index is 0. The van der Waals surface area contributed by atoms with Crippen LogP contribution < -0.4 is 9.64 Å². The number of thiazole rings is 1. The maximum absolute atomic E-state index is 13.2. The predicted octanol–water partition coefficient (Wildman–Crippen LogP) is 4.23. The lowest BCUT2D eigenvalue weighted by atomic mass is 10.2. The van der Waals surface area contributed by atoms with E-state index in [1.807, 2.05) is 44.1 Å². The number of rotatable bonds is 8. The molecule has 0 atom stereocenters. The highest BCUT2D eigenvalue weighted by molar-refractivity contribution is 7.22. The summed E-state index contributed by atoms with van der Waals surface area (Å²) in [6.45, 7) is 3.52. The SMILES string of the molecule is CCOc1ccc2nc(N(CCN(C)C)C(=O)c3cccc([N+](=O)[O-])c3)sc2c1.Cl. The second kappa shape index (κ2) is 10.3. The van der Waals surface area contributed by atoms with E-state index in [9.17, 15) is 14.9 Å². The van der Waals surface area contributed by atoms with Crippen molar-refractivity contribution < 1.29 is 14.5 Å². The van der Waals surface area contributed by atoms with Crippen molar-refractivity contribution >= 4 is 50.7 Å². The van der Waals surface area contributed by atoms with Gasteiger partial charge in [-0.1, -0.05) is 17.4 Å². The smallest absolute Gasteiger partial charge is 0.270 e. The molecular formula is C20H23ClN4O4S. The molecule has 0 N–H and O–H groups in total. The Morgan fingerprint density at radius 2 is 1.97 bits per heavy atom. The van der Waals surface area contributed by atoms with Crippen LogP contribution in [0, 0.1) is 10.1 Å². The monoisotopic (exact) mass is 450 g/mol. The normalized spacial score (nSPS) is 10.7. The van der Waals surface area contributed by atoms with Gasteiger partial charge in [-0.3, -0.25) is 19.8 Å². The van der Waals surface area contributed by atoms with Gasteiger partial charge in [-0.2, -0.15) is 0 Å². The van der Waals surface area contributed by atoms with Crippen LogP contribution in [-0.4, -0.2) is 54.5 Å². The largest absolute Gasteiger partial charge is 0.494 e. The summed E-state index contributed by atoms with van der Waals surface area (Å²) < 4.78 is 6.45. The number of carbonyl (C=O) groups is 1. The molecule has 0 aliphatic heterocycles. The van der Waals surface area contributed by atoms with Gasteiger partial charge < -0.3 is 9.64 Å². The molecule has 3 aromatic rings. The molecule has 2 aromatic carbocycles. The molecule has 0 spiro atoms. The Kier molecular flexibility index (Phi) is 8.10. The predicted molar refractivity (Wildman–Crippen MR) is 121 cm³/mol. The lowest BCUT2D eigenvalue weighted by molar-refractivity contribution is -0.384. The molecule has 0 aliphatic rings. The quantitative estimate of drug-likeness (QED) is 0.377. The van der Waals surface area contributed by atoms with Crippen LogP contribution in [0.3, 0.4) is 0 Å². The molecule has 3 rings (SSSR count). The third kappa shape index (κ3) is 5.44. The number of hydrogen-bond donors (Lipinski definition) is 0. The first-order valence-corrected chi connectivity index (χ1v) is 9.95. The summed E-state index contributed by atoms with van der Waals surface area (Å²) in [5.74, 6) is 0.430. The standard InChI is InChI=1S/C20H22N4O4S.ClH/c1-4-28-16-8-9-17-18(13-16)29-20(21-17)23(11-10-22(2)3)19(25)14-6-5-7-15(12-14)24(26)27;/h5-9,12-13H,4,10-11H2,1-3H3;1H. The second-order valence-electron chi connectivity index (χ2n) is 6.63. The Balaban J connectivity index is 0.00000320. The topological polar surface area (TPSA) is 88.8 Å². The highest BCUT2D eigenvalue weighted by Crippen LogP contribution is 2.32. The maximum atomic E-state index is 13.2. The molecule has 0 saturated heterocycles. The highest BCUT2D eigenvalue weighted by Gasteiger charge is 2.23. The van der Waals surface area contributed by atoms with Gasteiger partial charge in [-0.25, -0.2) is 4.98 Å². The first kappa shape index (κ1) is 23.5. The molecule has 160 valence electrons. The van der Waals surface area contributed by atoms with Crippen molar-refractivity contribution in [3.8, 4) is 5.75 Å². The zero-order chi connectivity index (χ0) is 21.0. The zero-order valence-electron chi connectivity index (χ0n) is 16.9. The molecule has 0 saturated carbocycles. The summed E-state index contributed by atoms with van der Waals surface area (Å²) in [5, 5.41) is 11.6. The average Bonchev–Trinajstić information content (AvgIpc) is 3.11. The third-order valence-electron chi connectivity index (χ3n) is 4.21. The van der Waals surface area contributed by atoms with Crippen LogP contribution in [0.2, 0.25) is 0 Å². The summed E-state index contributed by atoms with van der Waals surface area (Å²) in [5.41, 5.74) is 0.913. The van der Waals surface area contributed by atoms with Gasteiger partial charge in [-0.15, -0.1) is 12.4 Å². The van der Waals surface area contributed by atoms with Gasteiger partial charge >= 0.3 is 0 Å². The number of halogens is 1. The molecule has 8 nitrogen and oxygen atoms in total. The fourth-order valence-electron chi connectivity index (χ4n) is 2.76. The van der Waals surface area contributed by atoms with Crippen molar-refractivity contribution in [2.45, 2.75) is 6.92 Å².